The van der Waals surface area contributed by atoms with Gasteiger partial charge in [0.1, 0.15) is 17.8 Å². The lowest BCUT2D eigenvalue weighted by Crippen LogP contribution is -2.54. The molecule has 1 saturated carbocycles. The maximum absolute atomic E-state index is 12.9. The number of carbonyl (C=O) groups excluding carboxylic acids is 3. The number of nitrogens with one attached hydrogen (secondary N) is 2. The average molecular weight is 359 g/mol. The van der Waals surface area contributed by atoms with Crippen LogP contribution in [-0.2, 0) is 9.59 Å². The molecular formula is C19H25N3O4. The highest BCUT2D eigenvalue weighted by Crippen LogP contribution is 2.38. The van der Waals surface area contributed by atoms with Gasteiger partial charge in [0.25, 0.3) is 5.91 Å². The van der Waals surface area contributed by atoms with Gasteiger partial charge in [-0.05, 0) is 43.4 Å². The smallest absolute Gasteiger partial charge is 0.325 e. The van der Waals surface area contributed by atoms with Crippen molar-refractivity contribution in [1.29, 1.82) is 0 Å². The lowest BCUT2D eigenvalue weighted by atomic mass is 9.73. The number of hydrogen-bond donors (Lipinski definition) is 2. The van der Waals surface area contributed by atoms with E-state index >= 15 is 0 Å². The Kier molecular flexibility index (Phi) is 4.89. The second-order valence-electron chi connectivity index (χ2n) is 7.19. The number of hydrogen-bond acceptors (Lipinski definition) is 4. The van der Waals surface area contributed by atoms with Crippen LogP contribution in [0.1, 0.15) is 38.2 Å². The molecule has 1 heterocycles. The number of anilines is 1. The van der Waals surface area contributed by atoms with Gasteiger partial charge in [0, 0.05) is 0 Å². The number of methoxy groups -OCH3 is 1. The number of nitrogens with zero attached hydrogens (tertiary/aromatic N) is 1. The number of rotatable bonds is 4. The first kappa shape index (κ1) is 18.2. The fourth-order valence-corrected chi connectivity index (χ4v) is 3.89. The van der Waals surface area contributed by atoms with Gasteiger partial charge in [-0.3, -0.25) is 14.5 Å². The van der Waals surface area contributed by atoms with E-state index < -0.39 is 17.5 Å². The first-order chi connectivity index (χ1) is 12.4. The number of benzene rings is 1. The fourth-order valence-electron chi connectivity index (χ4n) is 3.89. The van der Waals surface area contributed by atoms with Crippen LogP contribution in [0.15, 0.2) is 18.2 Å². The Morgan fingerprint density at radius 3 is 2.85 bits per heavy atom. The molecule has 7 heteroatoms. The third kappa shape index (κ3) is 3.13. The molecule has 2 fully saturated rings. The Hall–Kier alpha value is -2.57. The van der Waals surface area contributed by atoms with E-state index in [2.05, 4.69) is 10.6 Å². The van der Waals surface area contributed by atoms with E-state index in [1.165, 1.54) is 7.11 Å². The van der Waals surface area contributed by atoms with Crippen molar-refractivity contribution in [2.24, 2.45) is 5.92 Å². The normalized spacial score (nSPS) is 25.3. The summed E-state index contributed by atoms with van der Waals surface area (Å²) < 4.78 is 5.24. The molecule has 0 unspecified atom stereocenters. The molecule has 1 aliphatic heterocycles. The molecule has 0 radical (unpaired) electrons. The molecule has 3 rings (SSSR count). The van der Waals surface area contributed by atoms with Crippen molar-refractivity contribution in [3.8, 4) is 5.75 Å². The molecule has 1 aromatic rings. The summed E-state index contributed by atoms with van der Waals surface area (Å²) in [6.07, 6.45) is 3.48. The van der Waals surface area contributed by atoms with E-state index in [9.17, 15) is 14.4 Å². The minimum absolute atomic E-state index is 0.0672. The van der Waals surface area contributed by atoms with Crippen molar-refractivity contribution in [2.75, 3.05) is 19.0 Å². The summed E-state index contributed by atoms with van der Waals surface area (Å²) in [5.41, 5.74) is 0.632. The lowest BCUT2D eigenvalue weighted by molar-refractivity contribution is -0.136. The molecule has 2 aliphatic rings. The maximum atomic E-state index is 12.9. The Morgan fingerprint density at radius 2 is 2.15 bits per heavy atom. The molecule has 7 nitrogen and oxygen atoms in total. The zero-order chi connectivity index (χ0) is 18.9. The average Bonchev–Trinajstić information content (AvgIpc) is 2.83. The third-order valence-corrected chi connectivity index (χ3v) is 5.43. The molecule has 1 aliphatic carbocycles. The van der Waals surface area contributed by atoms with Gasteiger partial charge in [0.15, 0.2) is 0 Å². The summed E-state index contributed by atoms with van der Waals surface area (Å²) in [5, 5.41) is 5.59. The van der Waals surface area contributed by atoms with Crippen LogP contribution in [-0.4, -0.2) is 41.9 Å². The number of aryl methyl sites for hydroxylation is 1. The molecule has 1 saturated heterocycles. The van der Waals surface area contributed by atoms with Crippen molar-refractivity contribution in [3.63, 3.8) is 0 Å². The van der Waals surface area contributed by atoms with Gasteiger partial charge in [-0.1, -0.05) is 25.8 Å². The van der Waals surface area contributed by atoms with Crippen LogP contribution in [0.5, 0.6) is 5.75 Å². The standard InChI is InChI=1S/C19H25N3O4/c1-12-7-8-15(26-3)14(10-12)20-16(23)11-22-17(24)19(21-18(22)25)9-5-4-6-13(19)2/h7-8,10,13H,4-6,9,11H2,1-3H3,(H,20,23)(H,21,25)/t13-,19+/m1/s1. The Balaban J connectivity index is 1.73. The van der Waals surface area contributed by atoms with E-state index in [-0.39, 0.29) is 18.4 Å². The van der Waals surface area contributed by atoms with Crippen molar-refractivity contribution >= 4 is 23.5 Å². The molecule has 140 valence electrons. The van der Waals surface area contributed by atoms with Crippen molar-refractivity contribution in [1.82, 2.24) is 10.2 Å². The lowest BCUT2D eigenvalue weighted by Gasteiger charge is -2.36. The maximum Gasteiger partial charge on any atom is 0.325 e. The highest BCUT2D eigenvalue weighted by molar-refractivity contribution is 6.10. The highest BCUT2D eigenvalue weighted by Gasteiger charge is 2.55. The van der Waals surface area contributed by atoms with E-state index in [4.69, 9.17) is 4.74 Å². The molecule has 0 aromatic heterocycles. The fraction of sp³-hybridized carbons (Fsp3) is 0.526. The summed E-state index contributed by atoms with van der Waals surface area (Å²) in [6, 6.07) is 4.93. The SMILES string of the molecule is COc1ccc(C)cc1NC(=O)CN1C(=O)N[C@]2(CCCC[C@H]2C)C1=O. The molecule has 26 heavy (non-hydrogen) atoms. The van der Waals surface area contributed by atoms with E-state index in [0.29, 0.717) is 17.9 Å². The minimum Gasteiger partial charge on any atom is -0.495 e. The van der Waals surface area contributed by atoms with E-state index in [1.54, 1.807) is 12.1 Å². The van der Waals surface area contributed by atoms with Crippen LogP contribution < -0.4 is 15.4 Å². The van der Waals surface area contributed by atoms with Gasteiger partial charge in [0.05, 0.1) is 12.8 Å². The minimum atomic E-state index is -0.851. The van der Waals surface area contributed by atoms with Gasteiger partial charge in [-0.25, -0.2) is 4.79 Å². The quantitative estimate of drug-likeness (QED) is 0.809. The van der Waals surface area contributed by atoms with Gasteiger partial charge < -0.3 is 15.4 Å². The Morgan fingerprint density at radius 1 is 1.38 bits per heavy atom. The van der Waals surface area contributed by atoms with E-state index in [1.807, 2.05) is 19.9 Å². The summed E-state index contributed by atoms with van der Waals surface area (Å²) in [7, 11) is 1.52. The number of urea groups is 1. The molecule has 2 N–H and O–H groups in total. The zero-order valence-corrected chi connectivity index (χ0v) is 15.4. The first-order valence-electron chi connectivity index (χ1n) is 8.96. The van der Waals surface area contributed by atoms with Gasteiger partial charge >= 0.3 is 6.03 Å². The Bertz CT molecular complexity index is 748. The van der Waals surface area contributed by atoms with Gasteiger partial charge in [-0.15, -0.1) is 0 Å². The van der Waals surface area contributed by atoms with Crippen LogP contribution >= 0.6 is 0 Å². The van der Waals surface area contributed by atoms with Crippen LogP contribution in [0.4, 0.5) is 10.5 Å². The molecular weight excluding hydrogens is 334 g/mol. The first-order valence-corrected chi connectivity index (χ1v) is 8.96. The second-order valence-corrected chi connectivity index (χ2v) is 7.19. The topological polar surface area (TPSA) is 87.7 Å². The number of ether oxygens (including phenoxy) is 1. The number of carbonyl (C=O) groups is 3. The second kappa shape index (κ2) is 6.97. The largest absolute Gasteiger partial charge is 0.495 e. The summed E-state index contributed by atoms with van der Waals surface area (Å²) in [4.78, 5) is 38.7. The monoisotopic (exact) mass is 359 g/mol. The third-order valence-electron chi connectivity index (χ3n) is 5.43. The summed E-state index contributed by atoms with van der Waals surface area (Å²) >= 11 is 0. The molecule has 0 bridgehead atoms. The number of imide groups is 1. The van der Waals surface area contributed by atoms with E-state index in [0.717, 1.165) is 29.7 Å². The highest BCUT2D eigenvalue weighted by atomic mass is 16.5. The number of amides is 4. The van der Waals surface area contributed by atoms with Crippen LogP contribution in [0, 0.1) is 12.8 Å². The van der Waals surface area contributed by atoms with Crippen molar-refractivity contribution in [3.05, 3.63) is 23.8 Å². The molecule has 1 spiro atoms. The zero-order valence-electron chi connectivity index (χ0n) is 15.4. The molecule has 4 amide bonds. The predicted octanol–water partition coefficient (Wildman–Crippen LogP) is 2.44. The summed E-state index contributed by atoms with van der Waals surface area (Å²) in [6.45, 7) is 3.58. The van der Waals surface area contributed by atoms with Crippen LogP contribution in [0.3, 0.4) is 0 Å². The summed E-state index contributed by atoms with van der Waals surface area (Å²) in [5.74, 6) is -0.130. The van der Waals surface area contributed by atoms with Gasteiger partial charge in [-0.2, -0.15) is 0 Å². The molecule has 1 aromatic carbocycles. The van der Waals surface area contributed by atoms with Crippen molar-refractivity contribution < 1.29 is 19.1 Å². The van der Waals surface area contributed by atoms with Crippen molar-refractivity contribution in [2.45, 2.75) is 45.1 Å². The van der Waals surface area contributed by atoms with Crippen LogP contribution in [0.25, 0.3) is 0 Å². The van der Waals surface area contributed by atoms with Crippen LogP contribution in [0.2, 0.25) is 0 Å². The molecule has 2 atom stereocenters. The predicted molar refractivity (Wildman–Crippen MR) is 97.0 cm³/mol. The van der Waals surface area contributed by atoms with Gasteiger partial charge in [0.2, 0.25) is 5.91 Å². The Labute approximate surface area is 153 Å².